The fraction of sp³-hybridized carbons (Fsp3) is 0.250. The van der Waals surface area contributed by atoms with E-state index in [0.29, 0.717) is 0 Å². The van der Waals surface area contributed by atoms with Gasteiger partial charge >= 0.3 is 0 Å². The van der Waals surface area contributed by atoms with Crippen LogP contribution in [-0.4, -0.2) is 0 Å². The topological polar surface area (TPSA) is 0 Å². The molecule has 0 saturated heterocycles. The number of aryl methyl sites for hydroxylation is 2. The highest BCUT2D eigenvalue weighted by atomic mass is 14.2. The van der Waals surface area contributed by atoms with Crippen LogP contribution in [0.5, 0.6) is 0 Å². The van der Waals surface area contributed by atoms with Gasteiger partial charge in [0.15, 0.2) is 0 Å². The zero-order valence-electron chi connectivity index (χ0n) is 15.0. The van der Waals surface area contributed by atoms with Crippen molar-refractivity contribution in [2.45, 2.75) is 40.0 Å². The summed E-state index contributed by atoms with van der Waals surface area (Å²) >= 11 is 0. The molecule has 0 atom stereocenters. The molecule has 0 fully saturated rings. The third-order valence-corrected chi connectivity index (χ3v) is 4.83. The van der Waals surface area contributed by atoms with E-state index in [0.717, 1.165) is 19.3 Å². The van der Waals surface area contributed by atoms with Gasteiger partial charge in [0.05, 0.1) is 0 Å². The Morgan fingerprint density at radius 2 is 0.958 bits per heavy atom. The molecule has 0 radical (unpaired) electrons. The Morgan fingerprint density at radius 3 is 1.29 bits per heavy atom. The Hall–Kier alpha value is -2.34. The van der Waals surface area contributed by atoms with Crippen molar-refractivity contribution in [1.82, 2.24) is 0 Å². The van der Waals surface area contributed by atoms with Gasteiger partial charge in [-0.15, -0.1) is 0 Å². The normalized spacial score (nSPS) is 10.8. The van der Waals surface area contributed by atoms with Crippen LogP contribution in [0.25, 0.3) is 22.3 Å². The van der Waals surface area contributed by atoms with E-state index in [1.54, 1.807) is 0 Å². The number of hydrogen-bond acceptors (Lipinski definition) is 0. The largest absolute Gasteiger partial charge is 0.0622 e. The van der Waals surface area contributed by atoms with E-state index < -0.39 is 0 Å². The first-order valence-electron chi connectivity index (χ1n) is 9.08. The van der Waals surface area contributed by atoms with E-state index in [9.17, 15) is 0 Å². The van der Waals surface area contributed by atoms with E-state index in [4.69, 9.17) is 0 Å². The van der Waals surface area contributed by atoms with Crippen LogP contribution in [0, 0.1) is 0 Å². The van der Waals surface area contributed by atoms with Gasteiger partial charge in [-0.2, -0.15) is 0 Å². The summed E-state index contributed by atoms with van der Waals surface area (Å²) in [5.74, 6) is 0. The van der Waals surface area contributed by atoms with Crippen LogP contribution in [0.2, 0.25) is 0 Å². The number of rotatable bonds is 5. The number of benzene rings is 3. The van der Waals surface area contributed by atoms with Crippen molar-refractivity contribution in [3.8, 4) is 22.3 Å². The highest BCUT2D eigenvalue weighted by Gasteiger charge is 2.17. The Kier molecular flexibility index (Phi) is 5.15. The summed E-state index contributed by atoms with van der Waals surface area (Å²) in [6, 6.07) is 24.2. The first-order chi connectivity index (χ1) is 11.8. The lowest BCUT2D eigenvalue weighted by Crippen LogP contribution is -2.02. The summed E-state index contributed by atoms with van der Waals surface area (Å²) in [6.07, 6.45) is 3.19. The van der Waals surface area contributed by atoms with Crippen LogP contribution >= 0.6 is 0 Å². The fourth-order valence-corrected chi connectivity index (χ4v) is 3.71. The van der Waals surface area contributed by atoms with E-state index in [1.807, 2.05) is 0 Å². The molecule has 0 nitrogen and oxygen atoms in total. The summed E-state index contributed by atoms with van der Waals surface area (Å²) in [7, 11) is 0. The van der Waals surface area contributed by atoms with Gasteiger partial charge in [-0.3, -0.25) is 0 Å². The van der Waals surface area contributed by atoms with Gasteiger partial charge < -0.3 is 0 Å². The summed E-state index contributed by atoms with van der Waals surface area (Å²) in [5, 5.41) is 0. The SMILES string of the molecule is CCc1cc(CC)c(-c2ccccc2)c(CC)c1-c1ccccc1. The lowest BCUT2D eigenvalue weighted by atomic mass is 9.82. The Labute approximate surface area is 146 Å². The smallest absolute Gasteiger partial charge is 0.0114 e. The van der Waals surface area contributed by atoms with E-state index in [2.05, 4.69) is 87.5 Å². The second-order valence-corrected chi connectivity index (χ2v) is 6.22. The average Bonchev–Trinajstić information content (AvgIpc) is 2.67. The molecule has 0 aliphatic carbocycles. The predicted octanol–water partition coefficient (Wildman–Crippen LogP) is 6.71. The standard InChI is InChI=1S/C24H26/c1-4-18-17-19(5-2)24(21-15-11-8-12-16-21)22(6-3)23(18)20-13-9-7-10-14-20/h7-17H,4-6H2,1-3H3. The predicted molar refractivity (Wildman–Crippen MR) is 105 cm³/mol. The molecule has 3 aromatic carbocycles. The van der Waals surface area contributed by atoms with Crippen LogP contribution in [0.1, 0.15) is 37.5 Å². The van der Waals surface area contributed by atoms with Crippen LogP contribution in [-0.2, 0) is 19.3 Å². The van der Waals surface area contributed by atoms with E-state index in [-0.39, 0.29) is 0 Å². The van der Waals surface area contributed by atoms with Crippen molar-refractivity contribution in [1.29, 1.82) is 0 Å². The molecule has 0 amide bonds. The molecule has 0 aromatic heterocycles. The lowest BCUT2D eigenvalue weighted by molar-refractivity contribution is 1.05. The number of hydrogen-bond donors (Lipinski definition) is 0. The third kappa shape index (κ3) is 3.01. The molecule has 0 spiro atoms. The summed E-state index contributed by atoms with van der Waals surface area (Å²) in [5.41, 5.74) is 9.98. The second-order valence-electron chi connectivity index (χ2n) is 6.22. The first-order valence-corrected chi connectivity index (χ1v) is 9.08. The third-order valence-electron chi connectivity index (χ3n) is 4.83. The maximum absolute atomic E-state index is 2.43. The molecule has 3 rings (SSSR count). The van der Waals surface area contributed by atoms with Crippen LogP contribution < -0.4 is 0 Å². The molecular weight excluding hydrogens is 288 g/mol. The van der Waals surface area contributed by atoms with Gasteiger partial charge in [-0.05, 0) is 58.2 Å². The quantitative estimate of drug-likeness (QED) is 0.491. The first kappa shape index (κ1) is 16.5. The molecule has 122 valence electrons. The highest BCUT2D eigenvalue weighted by molar-refractivity contribution is 5.83. The van der Waals surface area contributed by atoms with Crippen molar-refractivity contribution in [3.63, 3.8) is 0 Å². The van der Waals surface area contributed by atoms with Crippen molar-refractivity contribution in [3.05, 3.63) is 83.4 Å². The van der Waals surface area contributed by atoms with Crippen LogP contribution in [0.15, 0.2) is 66.7 Å². The molecule has 0 heteroatoms. The van der Waals surface area contributed by atoms with Crippen LogP contribution in [0.4, 0.5) is 0 Å². The minimum Gasteiger partial charge on any atom is -0.0622 e. The van der Waals surface area contributed by atoms with E-state index in [1.165, 1.54) is 38.9 Å². The summed E-state index contributed by atoms with van der Waals surface area (Å²) < 4.78 is 0. The average molecular weight is 314 g/mol. The Morgan fingerprint density at radius 1 is 0.542 bits per heavy atom. The maximum atomic E-state index is 2.43. The molecule has 0 aliphatic heterocycles. The Bertz CT molecular complexity index is 733. The molecule has 0 saturated carbocycles. The molecule has 0 heterocycles. The van der Waals surface area contributed by atoms with Crippen LogP contribution in [0.3, 0.4) is 0 Å². The molecule has 0 N–H and O–H groups in total. The van der Waals surface area contributed by atoms with Crippen molar-refractivity contribution < 1.29 is 0 Å². The van der Waals surface area contributed by atoms with E-state index >= 15 is 0 Å². The van der Waals surface area contributed by atoms with Gasteiger partial charge in [0.1, 0.15) is 0 Å². The molecular formula is C24H26. The fourth-order valence-electron chi connectivity index (χ4n) is 3.71. The van der Waals surface area contributed by atoms with Gasteiger partial charge in [-0.25, -0.2) is 0 Å². The molecule has 0 aliphatic rings. The minimum absolute atomic E-state index is 1.05. The molecule has 24 heavy (non-hydrogen) atoms. The van der Waals surface area contributed by atoms with Crippen molar-refractivity contribution in [2.24, 2.45) is 0 Å². The van der Waals surface area contributed by atoms with Gasteiger partial charge in [0.2, 0.25) is 0 Å². The second kappa shape index (κ2) is 7.49. The lowest BCUT2D eigenvalue weighted by Gasteiger charge is -2.22. The summed E-state index contributed by atoms with van der Waals surface area (Å²) in [4.78, 5) is 0. The highest BCUT2D eigenvalue weighted by Crippen LogP contribution is 2.38. The van der Waals surface area contributed by atoms with Gasteiger partial charge in [-0.1, -0.05) is 87.5 Å². The maximum Gasteiger partial charge on any atom is -0.0114 e. The monoisotopic (exact) mass is 314 g/mol. The Balaban J connectivity index is 2.37. The zero-order valence-corrected chi connectivity index (χ0v) is 15.0. The molecule has 0 unspecified atom stereocenters. The molecule has 0 bridgehead atoms. The van der Waals surface area contributed by atoms with Gasteiger partial charge in [0.25, 0.3) is 0 Å². The van der Waals surface area contributed by atoms with Crippen molar-refractivity contribution >= 4 is 0 Å². The zero-order chi connectivity index (χ0) is 16.9. The summed E-state index contributed by atoms with van der Waals surface area (Å²) in [6.45, 7) is 6.82. The van der Waals surface area contributed by atoms with Gasteiger partial charge in [0, 0.05) is 0 Å². The minimum atomic E-state index is 1.05. The van der Waals surface area contributed by atoms with Crippen molar-refractivity contribution in [2.75, 3.05) is 0 Å². The molecule has 3 aromatic rings.